The zero-order valence-electron chi connectivity index (χ0n) is 45.3. The first-order chi connectivity index (χ1) is 38.6. The lowest BCUT2D eigenvalue weighted by Gasteiger charge is -2.53. The van der Waals surface area contributed by atoms with Crippen LogP contribution in [0.4, 0.5) is 23.2 Å². The van der Waals surface area contributed by atoms with Crippen LogP contribution in [0.15, 0.2) is 21.5 Å². The third-order valence-electron chi connectivity index (χ3n) is 12.2. The van der Waals surface area contributed by atoms with Crippen LogP contribution in [-0.2, 0) is 83.3 Å². The fourth-order valence-corrected chi connectivity index (χ4v) is 10.1. The minimum absolute atomic E-state index is 0.0200. The number of aliphatic imine (C=N–C) groups is 1. The molecule has 0 spiro atoms. The molecule has 29 heteroatoms. The van der Waals surface area contributed by atoms with Crippen molar-refractivity contribution in [3.05, 3.63) is 44.7 Å². The molecule has 0 aliphatic carbocycles. The molecule has 2 atom stereocenters. The molecule has 3 N–H and O–H groups in total. The highest BCUT2D eigenvalue weighted by Gasteiger charge is 2.44. The van der Waals surface area contributed by atoms with Gasteiger partial charge >= 0.3 is 16.1 Å². The number of nitrogens with two attached hydrogens (primary N) is 1. The minimum atomic E-state index is -5.65. The summed E-state index contributed by atoms with van der Waals surface area (Å²) in [6.45, 7) is 14.3. The van der Waals surface area contributed by atoms with E-state index in [1.165, 1.54) is 5.06 Å². The van der Waals surface area contributed by atoms with Gasteiger partial charge in [0.2, 0.25) is 23.3 Å². The normalized spacial score (nSPS) is 16.4. The molecule has 0 saturated carbocycles. The SMILES string of the molecule is CCCN(OCC)C(=O)C1=Cc2sc(CN3CCC4[C@H](C3)CN4C(=O)CCOCCOCCOCCOCCOCCOCCOCCOCCOCCOCCC(=O)Oc3c(F)c(F)c(S(=O)(=O)O)c(F)c3F)cc2N=C(N)C1. The van der Waals surface area contributed by atoms with Gasteiger partial charge in [0, 0.05) is 61.6 Å². The zero-order valence-corrected chi connectivity index (χ0v) is 46.9. The predicted octanol–water partition coefficient (Wildman–Crippen LogP) is 4.10. The Bertz CT molecular complexity index is 2390. The van der Waals surface area contributed by atoms with Gasteiger partial charge in [0.05, 0.1) is 162 Å². The number of amidine groups is 1. The third-order valence-corrected chi connectivity index (χ3v) is 14.1. The standard InChI is InChI=1S/C51H75F4N5O18S2/c1-3-8-60(77-4-2)51(63)36-30-41-39(57-42(56)31-36)32-38(79-41)35-58-9-5-40-37(33-58)34-59(40)43(61)6-10-67-12-14-69-16-18-71-20-22-73-24-26-75-28-29-76-27-25-74-23-21-72-19-17-70-15-13-68-11-7-44(62)78-49-45(52)47(54)50(80(64,65)66)48(55)46(49)53/h30,32,37,40H,3-29,31,33-35H2,1-2H3,(H2,56,57)(H,64,65,66)/t37-,40?/m1/s1. The van der Waals surface area contributed by atoms with Crippen molar-refractivity contribution in [3.63, 3.8) is 0 Å². The summed E-state index contributed by atoms with van der Waals surface area (Å²) in [6.07, 6.45) is 3.65. The number of nitrogens with zero attached hydrogens (tertiary/aromatic N) is 4. The number of amides is 2. The van der Waals surface area contributed by atoms with E-state index in [2.05, 4.69) is 20.7 Å². The number of benzene rings is 1. The van der Waals surface area contributed by atoms with Gasteiger partial charge in [-0.2, -0.15) is 17.2 Å². The zero-order chi connectivity index (χ0) is 57.7. The average molecular weight is 1190 g/mol. The van der Waals surface area contributed by atoms with E-state index < -0.39 is 56.4 Å². The van der Waals surface area contributed by atoms with Crippen LogP contribution >= 0.6 is 11.3 Å². The highest BCUT2D eigenvalue weighted by atomic mass is 32.2. The van der Waals surface area contributed by atoms with Crippen LogP contribution in [0.3, 0.4) is 0 Å². The summed E-state index contributed by atoms with van der Waals surface area (Å²) in [5, 5.41) is 1.42. The topological polar surface area (TPSA) is 264 Å². The van der Waals surface area contributed by atoms with Crippen molar-refractivity contribution in [3.8, 4) is 5.75 Å². The van der Waals surface area contributed by atoms with E-state index in [1.54, 1.807) is 11.3 Å². The molecule has 5 rings (SSSR count). The second-order valence-corrected chi connectivity index (χ2v) is 20.6. The third kappa shape index (κ3) is 22.5. The number of hydrogen-bond acceptors (Lipinski definition) is 21. The van der Waals surface area contributed by atoms with Gasteiger partial charge in [0.1, 0.15) is 5.84 Å². The number of hydroxylamine groups is 2. The van der Waals surface area contributed by atoms with Crippen molar-refractivity contribution in [2.45, 2.75) is 63.4 Å². The van der Waals surface area contributed by atoms with E-state index in [1.807, 2.05) is 24.8 Å². The Morgan fingerprint density at radius 2 is 1.19 bits per heavy atom. The molecule has 3 aliphatic heterocycles. The van der Waals surface area contributed by atoms with Crippen molar-refractivity contribution < 1.29 is 102 Å². The summed E-state index contributed by atoms with van der Waals surface area (Å²) in [4.78, 5) is 52.6. The van der Waals surface area contributed by atoms with Crippen molar-refractivity contribution >= 4 is 56.8 Å². The van der Waals surface area contributed by atoms with Crippen LogP contribution in [0.25, 0.3) is 6.08 Å². The first-order valence-electron chi connectivity index (χ1n) is 26.6. The summed E-state index contributed by atoms with van der Waals surface area (Å²) >= 11 is 1.63. The van der Waals surface area contributed by atoms with E-state index >= 15 is 0 Å². The molecule has 23 nitrogen and oxygen atoms in total. The number of rotatable bonds is 42. The summed E-state index contributed by atoms with van der Waals surface area (Å²) in [6, 6.07) is 2.33. The number of carbonyl (C=O) groups excluding carboxylic acids is 3. The van der Waals surface area contributed by atoms with E-state index in [-0.39, 0.29) is 57.3 Å². The molecule has 2 aromatic rings. The molecule has 452 valence electrons. The molecule has 1 unspecified atom stereocenters. The largest absolute Gasteiger partial charge is 0.420 e. The fraction of sp³-hybridized carbons (Fsp3) is 0.686. The molecule has 3 aliphatic rings. The van der Waals surface area contributed by atoms with Crippen LogP contribution in [0, 0.1) is 29.2 Å². The Labute approximate surface area is 467 Å². The summed E-state index contributed by atoms with van der Waals surface area (Å²) in [5.41, 5.74) is 7.60. The van der Waals surface area contributed by atoms with E-state index in [9.17, 15) is 40.4 Å². The summed E-state index contributed by atoms with van der Waals surface area (Å²) in [5.74, 6) is -11.9. The second-order valence-electron chi connectivity index (χ2n) is 18.1. The Morgan fingerprint density at radius 3 is 1.64 bits per heavy atom. The lowest BCUT2D eigenvalue weighted by Crippen LogP contribution is -2.64. The Morgan fingerprint density at radius 1 is 0.713 bits per heavy atom. The molecule has 1 aromatic heterocycles. The summed E-state index contributed by atoms with van der Waals surface area (Å²) in [7, 11) is -5.65. The van der Waals surface area contributed by atoms with Gasteiger partial charge in [0.25, 0.3) is 5.91 Å². The lowest BCUT2D eigenvalue weighted by molar-refractivity contribution is -0.180. The Kier molecular flexibility index (Phi) is 30.2. The molecule has 0 radical (unpaired) electrons. The summed E-state index contributed by atoms with van der Waals surface area (Å²) < 4.78 is 145. The van der Waals surface area contributed by atoms with Gasteiger partial charge in [-0.25, -0.2) is 18.8 Å². The molecule has 2 amide bonds. The van der Waals surface area contributed by atoms with Gasteiger partial charge in [-0.15, -0.1) is 11.3 Å². The number of esters is 1. The van der Waals surface area contributed by atoms with Crippen molar-refractivity contribution in [1.29, 1.82) is 0 Å². The number of ether oxygens (including phenoxy) is 11. The van der Waals surface area contributed by atoms with E-state index in [0.29, 0.717) is 136 Å². The van der Waals surface area contributed by atoms with Gasteiger partial charge < -0.3 is 62.7 Å². The highest BCUT2D eigenvalue weighted by Crippen LogP contribution is 2.38. The fourth-order valence-electron chi connectivity index (χ4n) is 8.39. The van der Waals surface area contributed by atoms with Crippen LogP contribution in [0.1, 0.15) is 55.7 Å². The number of likely N-dealkylation sites (tertiary alicyclic amines) is 2. The van der Waals surface area contributed by atoms with Crippen LogP contribution in [0.2, 0.25) is 0 Å². The smallest absolute Gasteiger partial charge is 0.313 e. The number of thiophene rings is 1. The van der Waals surface area contributed by atoms with Crippen molar-refractivity contribution in [1.82, 2.24) is 14.9 Å². The molecule has 1 aromatic carbocycles. The quantitative estimate of drug-likeness (QED) is 0.0180. The molecule has 80 heavy (non-hydrogen) atoms. The number of hydrogen-bond donors (Lipinski definition) is 2. The molecule has 0 bridgehead atoms. The van der Waals surface area contributed by atoms with Gasteiger partial charge in [0.15, 0.2) is 16.5 Å². The molecule has 2 saturated heterocycles. The number of fused-ring (bicyclic) bond motifs is 2. The van der Waals surface area contributed by atoms with Crippen LogP contribution in [0.5, 0.6) is 5.75 Å². The van der Waals surface area contributed by atoms with Crippen LogP contribution < -0.4 is 10.5 Å². The van der Waals surface area contributed by atoms with Gasteiger partial charge in [-0.05, 0) is 31.9 Å². The van der Waals surface area contributed by atoms with Crippen molar-refractivity contribution in [2.24, 2.45) is 16.6 Å². The lowest BCUT2D eigenvalue weighted by atomic mass is 9.82. The van der Waals surface area contributed by atoms with E-state index in [4.69, 9.17) is 62.5 Å². The number of halogens is 4. The average Bonchev–Trinajstić information content (AvgIpc) is 3.70. The molecule has 2 fully saturated rings. The highest BCUT2D eigenvalue weighted by molar-refractivity contribution is 7.85. The number of carbonyl (C=O) groups is 3. The molecular formula is C51H75F4N5O18S2. The first kappa shape index (κ1) is 66.5. The minimum Gasteiger partial charge on any atom is -0.420 e. The maximum absolute atomic E-state index is 14.0. The van der Waals surface area contributed by atoms with Crippen molar-refractivity contribution in [2.75, 3.05) is 165 Å². The first-order valence-corrected chi connectivity index (χ1v) is 28.8. The van der Waals surface area contributed by atoms with Gasteiger partial charge in [-0.3, -0.25) is 28.7 Å². The Hall–Kier alpha value is -4.31. The Balaban J connectivity index is 0.727. The van der Waals surface area contributed by atoms with Crippen LogP contribution in [-0.4, -0.2) is 222 Å². The maximum Gasteiger partial charge on any atom is 0.313 e. The number of piperidine rings is 1. The molecular weight excluding hydrogens is 1110 g/mol. The second kappa shape index (κ2) is 36.3. The monoisotopic (exact) mass is 1190 g/mol. The van der Waals surface area contributed by atoms with E-state index in [0.717, 1.165) is 54.5 Å². The van der Waals surface area contributed by atoms with Gasteiger partial charge in [-0.1, -0.05) is 6.92 Å². The maximum atomic E-state index is 14.0. The molecule has 4 heterocycles. The predicted molar refractivity (Wildman–Crippen MR) is 280 cm³/mol.